The molecule has 0 aliphatic heterocycles. The molecule has 0 amide bonds. The quantitative estimate of drug-likeness (QED) is 0.146. The summed E-state index contributed by atoms with van der Waals surface area (Å²) in [4.78, 5) is 2.41. The third-order valence-electron chi connectivity index (χ3n) is 12.6. The molecular formula is C60H40N2. The molecule has 11 aromatic carbocycles. The molecule has 12 aromatic rings. The fourth-order valence-corrected chi connectivity index (χ4v) is 9.62. The van der Waals surface area contributed by atoms with Crippen molar-refractivity contribution in [1.82, 2.24) is 4.57 Å². The molecule has 0 saturated carbocycles. The number of benzene rings is 11. The minimum atomic E-state index is 1.09. The molecule has 2 nitrogen and oxygen atoms in total. The van der Waals surface area contributed by atoms with Gasteiger partial charge in [0.25, 0.3) is 0 Å². The highest BCUT2D eigenvalue weighted by Gasteiger charge is 2.18. The lowest BCUT2D eigenvalue weighted by molar-refractivity contribution is 1.18. The van der Waals surface area contributed by atoms with Crippen LogP contribution in [-0.4, -0.2) is 4.57 Å². The molecule has 62 heavy (non-hydrogen) atoms. The van der Waals surface area contributed by atoms with Gasteiger partial charge in [-0.25, -0.2) is 0 Å². The molecule has 0 spiro atoms. The van der Waals surface area contributed by atoms with Crippen molar-refractivity contribution in [2.45, 2.75) is 0 Å². The van der Waals surface area contributed by atoms with E-state index in [2.05, 4.69) is 252 Å². The van der Waals surface area contributed by atoms with Gasteiger partial charge in [-0.05, 0) is 132 Å². The smallest absolute Gasteiger partial charge is 0.0541 e. The van der Waals surface area contributed by atoms with Crippen molar-refractivity contribution in [1.29, 1.82) is 0 Å². The van der Waals surface area contributed by atoms with Gasteiger partial charge in [-0.1, -0.05) is 176 Å². The Morgan fingerprint density at radius 2 is 0.790 bits per heavy atom. The Labute approximate surface area is 360 Å². The molecular weight excluding hydrogens is 749 g/mol. The number of para-hydroxylation sites is 2. The van der Waals surface area contributed by atoms with Crippen molar-refractivity contribution in [3.05, 3.63) is 243 Å². The first-order chi connectivity index (χ1) is 30.7. The van der Waals surface area contributed by atoms with Gasteiger partial charge in [0.15, 0.2) is 0 Å². The second-order valence-electron chi connectivity index (χ2n) is 16.1. The Bertz CT molecular complexity index is 3560. The van der Waals surface area contributed by atoms with E-state index in [9.17, 15) is 0 Å². The first-order valence-electron chi connectivity index (χ1n) is 21.3. The van der Waals surface area contributed by atoms with Crippen molar-refractivity contribution in [2.75, 3.05) is 4.90 Å². The van der Waals surface area contributed by atoms with Crippen LogP contribution in [0.3, 0.4) is 0 Å². The van der Waals surface area contributed by atoms with Crippen LogP contribution in [0.4, 0.5) is 17.1 Å². The number of rotatable bonds is 7. The van der Waals surface area contributed by atoms with E-state index in [0.717, 1.165) is 28.3 Å². The van der Waals surface area contributed by atoms with E-state index in [4.69, 9.17) is 0 Å². The average molecular weight is 789 g/mol. The zero-order valence-corrected chi connectivity index (χ0v) is 34.0. The van der Waals surface area contributed by atoms with Crippen LogP contribution in [0.5, 0.6) is 0 Å². The molecule has 2 heteroatoms. The summed E-state index contributed by atoms with van der Waals surface area (Å²) in [5.41, 5.74) is 14.0. The maximum atomic E-state index is 2.41. The highest BCUT2D eigenvalue weighted by atomic mass is 15.1. The molecule has 0 saturated heterocycles. The van der Waals surface area contributed by atoms with Crippen LogP contribution >= 0.6 is 0 Å². The predicted octanol–water partition coefficient (Wildman–Crippen LogP) is 16.7. The van der Waals surface area contributed by atoms with E-state index in [1.165, 1.54) is 81.9 Å². The second-order valence-corrected chi connectivity index (χ2v) is 16.1. The number of nitrogens with zero attached hydrogens (tertiary/aromatic N) is 2. The summed E-state index contributed by atoms with van der Waals surface area (Å²) in [6.45, 7) is 0. The standard InChI is InChI=1S/C60H40N2/c1-2-14-41(15-3-1)42-28-32-47(33-29-42)61(50-36-37-54-52-22-7-5-17-46(52)39-57(58(54)40-50)53-25-13-18-44-16-4-6-21-51(44)53)49-20-12-19-45(38-49)43-30-34-48(35-31-43)62-59-26-10-8-23-55(59)56-24-9-11-27-60(56)62/h1-40H. The normalized spacial score (nSPS) is 11.5. The number of fused-ring (bicyclic) bond motifs is 7. The molecule has 0 aliphatic rings. The minimum Gasteiger partial charge on any atom is -0.310 e. The number of aromatic nitrogens is 1. The summed E-state index contributed by atoms with van der Waals surface area (Å²) < 4.78 is 2.38. The van der Waals surface area contributed by atoms with Crippen LogP contribution in [0.15, 0.2) is 243 Å². The first kappa shape index (κ1) is 35.7. The van der Waals surface area contributed by atoms with Crippen LogP contribution in [0.25, 0.3) is 93.2 Å². The van der Waals surface area contributed by atoms with Crippen LogP contribution in [-0.2, 0) is 0 Å². The summed E-state index contributed by atoms with van der Waals surface area (Å²) in [6, 6.07) is 88.5. The maximum absolute atomic E-state index is 2.41. The fraction of sp³-hybridized carbons (Fsp3) is 0. The highest BCUT2D eigenvalue weighted by Crippen LogP contribution is 2.44. The Morgan fingerprint density at radius 3 is 1.55 bits per heavy atom. The molecule has 290 valence electrons. The van der Waals surface area contributed by atoms with Gasteiger partial charge in [0.2, 0.25) is 0 Å². The van der Waals surface area contributed by atoms with Crippen LogP contribution in [0.2, 0.25) is 0 Å². The molecule has 0 atom stereocenters. The van der Waals surface area contributed by atoms with Crippen molar-refractivity contribution in [2.24, 2.45) is 0 Å². The van der Waals surface area contributed by atoms with E-state index < -0.39 is 0 Å². The topological polar surface area (TPSA) is 8.17 Å². The Balaban J connectivity index is 1.01. The van der Waals surface area contributed by atoms with E-state index in [1.807, 2.05) is 0 Å². The molecule has 0 N–H and O–H groups in total. The van der Waals surface area contributed by atoms with Crippen molar-refractivity contribution in [3.8, 4) is 39.1 Å². The average Bonchev–Trinajstić information content (AvgIpc) is 3.69. The SMILES string of the molecule is c1ccc(-c2ccc(N(c3cccc(-c4ccc(-n5c6ccccc6c6ccccc65)cc4)c3)c3ccc4c(c3)c(-c3cccc5ccccc35)cc3ccccc34)cc2)cc1. The lowest BCUT2D eigenvalue weighted by atomic mass is 9.90. The van der Waals surface area contributed by atoms with Gasteiger partial charge >= 0.3 is 0 Å². The molecule has 0 aliphatic carbocycles. The molecule has 1 aromatic heterocycles. The minimum absolute atomic E-state index is 1.09. The summed E-state index contributed by atoms with van der Waals surface area (Å²) in [6.07, 6.45) is 0. The number of hydrogen-bond acceptors (Lipinski definition) is 1. The van der Waals surface area contributed by atoms with E-state index in [-0.39, 0.29) is 0 Å². The van der Waals surface area contributed by atoms with E-state index in [0.29, 0.717) is 0 Å². The molecule has 0 bridgehead atoms. The van der Waals surface area contributed by atoms with Gasteiger partial charge in [0.05, 0.1) is 11.0 Å². The first-order valence-corrected chi connectivity index (χ1v) is 21.3. The lowest BCUT2D eigenvalue weighted by Crippen LogP contribution is -2.10. The number of hydrogen-bond donors (Lipinski definition) is 0. The number of anilines is 3. The van der Waals surface area contributed by atoms with Crippen LogP contribution in [0.1, 0.15) is 0 Å². The van der Waals surface area contributed by atoms with Gasteiger partial charge < -0.3 is 9.47 Å². The lowest BCUT2D eigenvalue weighted by Gasteiger charge is -2.27. The van der Waals surface area contributed by atoms with Crippen LogP contribution in [0, 0.1) is 0 Å². The van der Waals surface area contributed by atoms with Crippen molar-refractivity contribution < 1.29 is 0 Å². The van der Waals surface area contributed by atoms with Gasteiger partial charge in [0, 0.05) is 33.5 Å². The maximum Gasteiger partial charge on any atom is 0.0541 e. The zero-order chi connectivity index (χ0) is 41.0. The summed E-state index contributed by atoms with van der Waals surface area (Å²) >= 11 is 0. The second kappa shape index (κ2) is 14.8. The van der Waals surface area contributed by atoms with Gasteiger partial charge in [-0.15, -0.1) is 0 Å². The molecule has 12 rings (SSSR count). The molecule has 0 unspecified atom stereocenters. The van der Waals surface area contributed by atoms with E-state index in [1.54, 1.807) is 0 Å². The predicted molar refractivity (Wildman–Crippen MR) is 264 cm³/mol. The Kier molecular flexibility index (Phi) is 8.53. The summed E-state index contributed by atoms with van der Waals surface area (Å²) in [5, 5.41) is 9.98. The van der Waals surface area contributed by atoms with Gasteiger partial charge in [-0.3, -0.25) is 0 Å². The molecule has 0 radical (unpaired) electrons. The summed E-state index contributed by atoms with van der Waals surface area (Å²) in [7, 11) is 0. The third-order valence-corrected chi connectivity index (χ3v) is 12.6. The Hall–Kier alpha value is -8.20. The van der Waals surface area contributed by atoms with Crippen molar-refractivity contribution in [3.63, 3.8) is 0 Å². The van der Waals surface area contributed by atoms with Gasteiger partial charge in [0.1, 0.15) is 0 Å². The third kappa shape index (κ3) is 6.04. The fourth-order valence-electron chi connectivity index (χ4n) is 9.62. The molecule has 1 heterocycles. The van der Waals surface area contributed by atoms with E-state index >= 15 is 0 Å². The molecule has 0 fully saturated rings. The summed E-state index contributed by atoms with van der Waals surface area (Å²) in [5.74, 6) is 0. The highest BCUT2D eigenvalue weighted by molar-refractivity contribution is 6.17. The monoisotopic (exact) mass is 788 g/mol. The largest absolute Gasteiger partial charge is 0.310 e. The van der Waals surface area contributed by atoms with Crippen LogP contribution < -0.4 is 4.90 Å². The Morgan fingerprint density at radius 1 is 0.258 bits per heavy atom. The van der Waals surface area contributed by atoms with Crippen molar-refractivity contribution >= 4 is 71.2 Å². The van der Waals surface area contributed by atoms with Gasteiger partial charge in [-0.2, -0.15) is 0 Å². The zero-order valence-electron chi connectivity index (χ0n) is 34.0.